The molecule has 104 valence electrons. The molecule has 0 saturated heterocycles. The topological polar surface area (TPSA) is 90.2 Å². The molecule has 20 heavy (non-hydrogen) atoms. The molecule has 0 unspecified atom stereocenters. The minimum atomic E-state index is -0.567. The summed E-state index contributed by atoms with van der Waals surface area (Å²) in [6.07, 6.45) is 1.22. The third-order valence-corrected chi connectivity index (χ3v) is 2.90. The van der Waals surface area contributed by atoms with E-state index in [1.54, 1.807) is 19.2 Å². The SMILES string of the molecule is CNc1ncnc(Oc2ccc(C)c(C)c2)c1[N+](=O)[O-]. The molecule has 0 aliphatic rings. The van der Waals surface area contributed by atoms with Crippen molar-refractivity contribution in [3.63, 3.8) is 0 Å². The molecule has 0 aliphatic heterocycles. The molecule has 1 aromatic carbocycles. The normalized spacial score (nSPS) is 10.2. The average molecular weight is 274 g/mol. The Morgan fingerprint density at radius 3 is 2.60 bits per heavy atom. The summed E-state index contributed by atoms with van der Waals surface area (Å²) < 4.78 is 5.52. The van der Waals surface area contributed by atoms with Gasteiger partial charge in [0.15, 0.2) is 0 Å². The largest absolute Gasteiger partial charge is 0.434 e. The molecule has 0 amide bonds. The van der Waals surface area contributed by atoms with E-state index in [1.807, 2.05) is 19.9 Å². The predicted octanol–water partition coefficient (Wildman–Crippen LogP) is 2.84. The van der Waals surface area contributed by atoms with Gasteiger partial charge in [-0.3, -0.25) is 10.1 Å². The van der Waals surface area contributed by atoms with Gasteiger partial charge in [0.25, 0.3) is 0 Å². The fourth-order valence-electron chi connectivity index (χ4n) is 1.67. The van der Waals surface area contributed by atoms with Gasteiger partial charge in [-0.05, 0) is 37.1 Å². The van der Waals surface area contributed by atoms with Crippen LogP contribution >= 0.6 is 0 Å². The van der Waals surface area contributed by atoms with Crippen molar-refractivity contribution in [3.8, 4) is 11.6 Å². The number of nitrogens with one attached hydrogen (secondary N) is 1. The number of rotatable bonds is 4. The van der Waals surface area contributed by atoms with Crippen LogP contribution in [0.1, 0.15) is 11.1 Å². The summed E-state index contributed by atoms with van der Waals surface area (Å²) in [6.45, 7) is 3.92. The predicted molar refractivity (Wildman–Crippen MR) is 74.2 cm³/mol. The Morgan fingerprint density at radius 2 is 2.00 bits per heavy atom. The van der Waals surface area contributed by atoms with E-state index in [0.717, 1.165) is 11.1 Å². The first-order valence-corrected chi connectivity index (χ1v) is 5.95. The zero-order valence-corrected chi connectivity index (χ0v) is 11.4. The molecule has 1 N–H and O–H groups in total. The van der Waals surface area contributed by atoms with Crippen LogP contribution in [0.25, 0.3) is 0 Å². The maximum Gasteiger partial charge on any atom is 0.373 e. The number of benzene rings is 1. The first-order chi connectivity index (χ1) is 9.52. The van der Waals surface area contributed by atoms with Gasteiger partial charge < -0.3 is 10.1 Å². The van der Waals surface area contributed by atoms with Crippen LogP contribution in [0.15, 0.2) is 24.5 Å². The molecule has 0 bridgehead atoms. The van der Waals surface area contributed by atoms with Crippen LogP contribution in [0.4, 0.5) is 11.5 Å². The lowest BCUT2D eigenvalue weighted by Crippen LogP contribution is -2.03. The van der Waals surface area contributed by atoms with Crippen LogP contribution in [0, 0.1) is 24.0 Å². The summed E-state index contributed by atoms with van der Waals surface area (Å²) in [7, 11) is 1.55. The average Bonchev–Trinajstić information content (AvgIpc) is 2.42. The van der Waals surface area contributed by atoms with E-state index in [0.29, 0.717) is 5.75 Å². The standard InChI is InChI=1S/C13H14N4O3/c1-8-4-5-10(6-9(8)2)20-13-11(17(18)19)12(14-3)15-7-16-13/h4-7H,1-3H3,(H,14,15,16). The number of hydrogen-bond acceptors (Lipinski definition) is 6. The molecule has 0 aliphatic carbocycles. The van der Waals surface area contributed by atoms with E-state index in [2.05, 4.69) is 15.3 Å². The van der Waals surface area contributed by atoms with E-state index >= 15 is 0 Å². The summed E-state index contributed by atoms with van der Waals surface area (Å²) >= 11 is 0. The summed E-state index contributed by atoms with van der Waals surface area (Å²) in [5, 5.41) is 13.8. The molecule has 0 radical (unpaired) electrons. The Labute approximate surface area is 115 Å². The highest BCUT2D eigenvalue weighted by Crippen LogP contribution is 2.34. The number of ether oxygens (including phenoxy) is 1. The third kappa shape index (κ3) is 2.66. The maximum atomic E-state index is 11.1. The van der Waals surface area contributed by atoms with Crippen LogP contribution in [0.2, 0.25) is 0 Å². The van der Waals surface area contributed by atoms with Crippen molar-refractivity contribution in [2.75, 3.05) is 12.4 Å². The molecule has 2 rings (SSSR count). The van der Waals surface area contributed by atoms with Crippen LogP contribution in [0.3, 0.4) is 0 Å². The van der Waals surface area contributed by atoms with E-state index in [9.17, 15) is 10.1 Å². The number of aromatic nitrogens is 2. The van der Waals surface area contributed by atoms with Gasteiger partial charge in [-0.2, -0.15) is 4.98 Å². The van der Waals surface area contributed by atoms with Crippen molar-refractivity contribution in [2.24, 2.45) is 0 Å². The molecule has 0 fully saturated rings. The molecule has 2 aromatic rings. The minimum absolute atomic E-state index is 0.0856. The second-order valence-corrected chi connectivity index (χ2v) is 4.23. The Morgan fingerprint density at radius 1 is 1.25 bits per heavy atom. The Bertz CT molecular complexity index is 658. The van der Waals surface area contributed by atoms with Gasteiger partial charge in [0.2, 0.25) is 5.82 Å². The van der Waals surface area contributed by atoms with Crippen molar-refractivity contribution in [3.05, 3.63) is 45.8 Å². The van der Waals surface area contributed by atoms with Crippen LogP contribution in [-0.2, 0) is 0 Å². The highest BCUT2D eigenvalue weighted by molar-refractivity contribution is 5.61. The molecular formula is C13H14N4O3. The Kier molecular flexibility index (Phi) is 3.79. The number of anilines is 1. The second kappa shape index (κ2) is 5.52. The quantitative estimate of drug-likeness (QED) is 0.681. The van der Waals surface area contributed by atoms with Gasteiger partial charge in [0.1, 0.15) is 12.1 Å². The summed E-state index contributed by atoms with van der Waals surface area (Å²) in [5.74, 6) is 0.526. The van der Waals surface area contributed by atoms with E-state index in [4.69, 9.17) is 4.74 Å². The fraction of sp³-hybridized carbons (Fsp3) is 0.231. The van der Waals surface area contributed by atoms with Crippen molar-refractivity contribution in [1.82, 2.24) is 9.97 Å². The monoisotopic (exact) mass is 274 g/mol. The molecule has 0 saturated carbocycles. The molecule has 7 heteroatoms. The summed E-state index contributed by atoms with van der Waals surface area (Å²) in [4.78, 5) is 18.2. The molecular weight excluding hydrogens is 260 g/mol. The van der Waals surface area contributed by atoms with Crippen molar-refractivity contribution in [2.45, 2.75) is 13.8 Å². The smallest absolute Gasteiger partial charge is 0.373 e. The highest BCUT2D eigenvalue weighted by Gasteiger charge is 2.24. The Balaban J connectivity index is 2.42. The lowest BCUT2D eigenvalue weighted by atomic mass is 10.1. The van der Waals surface area contributed by atoms with E-state index in [1.165, 1.54) is 6.33 Å². The van der Waals surface area contributed by atoms with Gasteiger partial charge in [-0.25, -0.2) is 4.98 Å². The Hall–Kier alpha value is -2.70. The second-order valence-electron chi connectivity index (χ2n) is 4.23. The van der Waals surface area contributed by atoms with Crippen molar-refractivity contribution in [1.29, 1.82) is 0 Å². The molecule has 0 spiro atoms. The van der Waals surface area contributed by atoms with Crippen molar-refractivity contribution >= 4 is 11.5 Å². The number of nitro groups is 1. The van der Waals surface area contributed by atoms with Gasteiger partial charge in [-0.15, -0.1) is 0 Å². The van der Waals surface area contributed by atoms with Gasteiger partial charge in [0, 0.05) is 7.05 Å². The third-order valence-electron chi connectivity index (χ3n) is 2.90. The minimum Gasteiger partial charge on any atom is -0.434 e. The molecule has 0 atom stereocenters. The van der Waals surface area contributed by atoms with Crippen molar-refractivity contribution < 1.29 is 9.66 Å². The van der Waals surface area contributed by atoms with Crippen LogP contribution in [0.5, 0.6) is 11.6 Å². The van der Waals surface area contributed by atoms with Gasteiger partial charge in [-0.1, -0.05) is 6.07 Å². The maximum absolute atomic E-state index is 11.1. The zero-order chi connectivity index (χ0) is 14.7. The summed E-state index contributed by atoms with van der Waals surface area (Å²) in [5.41, 5.74) is 1.87. The van der Waals surface area contributed by atoms with E-state index in [-0.39, 0.29) is 17.4 Å². The number of hydrogen-bond donors (Lipinski definition) is 1. The number of nitrogens with zero attached hydrogens (tertiary/aromatic N) is 3. The van der Waals surface area contributed by atoms with Gasteiger partial charge in [0.05, 0.1) is 4.92 Å². The molecule has 1 aromatic heterocycles. The summed E-state index contributed by atoms with van der Waals surface area (Å²) in [6, 6.07) is 5.43. The lowest BCUT2D eigenvalue weighted by Gasteiger charge is -2.08. The molecule has 1 heterocycles. The van der Waals surface area contributed by atoms with E-state index < -0.39 is 4.92 Å². The number of aryl methyl sites for hydroxylation is 2. The highest BCUT2D eigenvalue weighted by atomic mass is 16.6. The lowest BCUT2D eigenvalue weighted by molar-refractivity contribution is -0.385. The zero-order valence-electron chi connectivity index (χ0n) is 11.4. The van der Waals surface area contributed by atoms with Crippen LogP contribution in [-0.4, -0.2) is 21.9 Å². The first-order valence-electron chi connectivity index (χ1n) is 5.95. The van der Waals surface area contributed by atoms with Gasteiger partial charge >= 0.3 is 11.6 Å². The van der Waals surface area contributed by atoms with Crippen LogP contribution < -0.4 is 10.1 Å². The molecule has 7 nitrogen and oxygen atoms in total. The fourth-order valence-corrected chi connectivity index (χ4v) is 1.67. The first kappa shape index (κ1) is 13.7.